The van der Waals surface area contributed by atoms with E-state index in [0.29, 0.717) is 5.92 Å². The van der Waals surface area contributed by atoms with Crippen molar-refractivity contribution in [2.75, 3.05) is 0 Å². The van der Waals surface area contributed by atoms with Gasteiger partial charge in [0.25, 0.3) is 0 Å². The van der Waals surface area contributed by atoms with Crippen molar-refractivity contribution < 1.29 is 0 Å². The molecule has 0 aliphatic carbocycles. The van der Waals surface area contributed by atoms with E-state index in [0.717, 1.165) is 5.92 Å². The van der Waals surface area contributed by atoms with Gasteiger partial charge in [-0.25, -0.2) is 0 Å². The van der Waals surface area contributed by atoms with Gasteiger partial charge < -0.3 is 0 Å². The molecular weight excluding hydrogens is 144 g/mol. The molecule has 0 heterocycles. The Morgan fingerprint density at radius 2 is 1.75 bits per heavy atom. The first kappa shape index (κ1) is 12.0. The fourth-order valence-electron chi connectivity index (χ4n) is 1.72. The van der Waals surface area contributed by atoms with Crippen LogP contribution in [0.5, 0.6) is 0 Å². The fraction of sp³-hybridized carbons (Fsp3) is 0.917. The highest BCUT2D eigenvalue weighted by Crippen LogP contribution is 2.21. The van der Waals surface area contributed by atoms with Crippen LogP contribution in [0.4, 0.5) is 0 Å². The minimum atomic E-state index is 0.636. The van der Waals surface area contributed by atoms with E-state index in [2.05, 4.69) is 27.7 Å². The zero-order chi connectivity index (χ0) is 9.40. The molecule has 0 fully saturated rings. The predicted octanol–water partition coefficient (Wildman–Crippen LogP) is 4.45. The third-order valence-electron chi connectivity index (χ3n) is 2.76. The van der Waals surface area contributed by atoms with Gasteiger partial charge in [-0.05, 0) is 11.8 Å². The van der Waals surface area contributed by atoms with Crippen LogP contribution in [0.3, 0.4) is 0 Å². The van der Waals surface area contributed by atoms with Gasteiger partial charge in [0.05, 0.1) is 0 Å². The van der Waals surface area contributed by atoms with Crippen LogP contribution in [0.15, 0.2) is 0 Å². The molecule has 0 saturated heterocycles. The normalized spacial score (nSPS) is 13.8. The maximum absolute atomic E-state index is 4.11. The van der Waals surface area contributed by atoms with Crippen LogP contribution in [0.1, 0.15) is 59.3 Å². The first-order valence-corrected chi connectivity index (χ1v) is 5.55. The lowest BCUT2D eigenvalue weighted by molar-refractivity contribution is 0.361. The third kappa shape index (κ3) is 5.62. The van der Waals surface area contributed by atoms with Crippen LogP contribution in [-0.4, -0.2) is 0 Å². The Hall–Kier alpha value is 0. The van der Waals surface area contributed by atoms with Crippen molar-refractivity contribution in [1.82, 2.24) is 0 Å². The van der Waals surface area contributed by atoms with Crippen molar-refractivity contribution >= 4 is 0 Å². The molecule has 0 nitrogen and oxygen atoms in total. The molecule has 0 spiro atoms. The maximum Gasteiger partial charge on any atom is -0.0391 e. The van der Waals surface area contributed by atoms with E-state index < -0.39 is 0 Å². The van der Waals surface area contributed by atoms with E-state index in [1.54, 1.807) is 0 Å². The van der Waals surface area contributed by atoms with Gasteiger partial charge in [0, 0.05) is 0 Å². The summed E-state index contributed by atoms with van der Waals surface area (Å²) in [7, 11) is 0. The highest BCUT2D eigenvalue weighted by molar-refractivity contribution is 4.66. The lowest BCUT2D eigenvalue weighted by atomic mass is 9.88. The quantitative estimate of drug-likeness (QED) is 0.494. The van der Waals surface area contributed by atoms with E-state index in [1.165, 1.54) is 38.5 Å². The van der Waals surface area contributed by atoms with Gasteiger partial charge >= 0.3 is 0 Å². The molecule has 2 unspecified atom stereocenters. The van der Waals surface area contributed by atoms with E-state index in [-0.39, 0.29) is 0 Å². The molecule has 0 heteroatoms. The number of hydrogen-bond acceptors (Lipinski definition) is 0. The molecule has 0 aliphatic rings. The van der Waals surface area contributed by atoms with Gasteiger partial charge in [-0.3, -0.25) is 0 Å². The van der Waals surface area contributed by atoms with Gasteiger partial charge in [-0.15, -0.1) is 0 Å². The van der Waals surface area contributed by atoms with Crippen LogP contribution in [0.2, 0.25) is 0 Å². The molecule has 0 bridgehead atoms. The van der Waals surface area contributed by atoms with E-state index in [1.807, 2.05) is 0 Å². The first-order chi connectivity index (χ1) is 5.72. The minimum absolute atomic E-state index is 0.636. The number of rotatable bonds is 7. The van der Waals surface area contributed by atoms with E-state index in [4.69, 9.17) is 0 Å². The predicted molar refractivity (Wildman–Crippen MR) is 57.1 cm³/mol. The summed E-state index contributed by atoms with van der Waals surface area (Å²) in [6, 6.07) is 0. The topological polar surface area (TPSA) is 0 Å². The summed E-state index contributed by atoms with van der Waals surface area (Å²) < 4.78 is 0. The Kier molecular flexibility index (Phi) is 7.64. The monoisotopic (exact) mass is 169 g/mol. The van der Waals surface area contributed by atoms with Crippen molar-refractivity contribution in [3.05, 3.63) is 6.92 Å². The largest absolute Gasteiger partial charge is 0.0654 e. The Bertz CT molecular complexity index is 84.0. The Morgan fingerprint density at radius 1 is 1.08 bits per heavy atom. The van der Waals surface area contributed by atoms with Crippen LogP contribution in [-0.2, 0) is 0 Å². The SMILES string of the molecule is [CH2]C(C)C(CC)CCCCCC. The van der Waals surface area contributed by atoms with Crippen molar-refractivity contribution in [2.24, 2.45) is 11.8 Å². The molecule has 73 valence electrons. The van der Waals surface area contributed by atoms with Crippen molar-refractivity contribution in [1.29, 1.82) is 0 Å². The molecule has 0 amide bonds. The molecule has 12 heavy (non-hydrogen) atoms. The molecule has 0 aromatic rings. The third-order valence-corrected chi connectivity index (χ3v) is 2.76. The van der Waals surface area contributed by atoms with Gasteiger partial charge in [-0.1, -0.05) is 66.2 Å². The Balaban J connectivity index is 3.32. The first-order valence-electron chi connectivity index (χ1n) is 5.55. The summed E-state index contributed by atoms with van der Waals surface area (Å²) in [5, 5.41) is 0. The van der Waals surface area contributed by atoms with E-state index >= 15 is 0 Å². The second kappa shape index (κ2) is 7.64. The summed E-state index contributed by atoms with van der Waals surface area (Å²) in [4.78, 5) is 0. The zero-order valence-corrected chi connectivity index (χ0v) is 9.10. The highest BCUT2D eigenvalue weighted by Gasteiger charge is 2.09. The average molecular weight is 169 g/mol. The second-order valence-corrected chi connectivity index (χ2v) is 3.99. The summed E-state index contributed by atoms with van der Waals surface area (Å²) in [6.45, 7) is 10.9. The van der Waals surface area contributed by atoms with Crippen LogP contribution >= 0.6 is 0 Å². The van der Waals surface area contributed by atoms with Crippen molar-refractivity contribution in [3.8, 4) is 0 Å². The molecule has 0 aromatic carbocycles. The van der Waals surface area contributed by atoms with Crippen molar-refractivity contribution in [2.45, 2.75) is 59.3 Å². The zero-order valence-electron chi connectivity index (χ0n) is 9.10. The molecule has 0 rings (SSSR count). The second-order valence-electron chi connectivity index (χ2n) is 3.99. The molecule has 0 aromatic heterocycles. The standard InChI is InChI=1S/C12H25/c1-5-7-8-9-10-12(6-2)11(3)4/h11-12H,3,5-10H2,1-2,4H3. The molecular formula is C12H25. The lowest BCUT2D eigenvalue weighted by Crippen LogP contribution is -2.07. The lowest BCUT2D eigenvalue weighted by Gasteiger charge is -2.18. The highest BCUT2D eigenvalue weighted by atomic mass is 14.1. The average Bonchev–Trinajstić information content (AvgIpc) is 2.04. The van der Waals surface area contributed by atoms with E-state index in [9.17, 15) is 0 Å². The maximum atomic E-state index is 4.11. The molecule has 0 N–H and O–H groups in total. The van der Waals surface area contributed by atoms with Crippen LogP contribution < -0.4 is 0 Å². The smallest absolute Gasteiger partial charge is 0.0391 e. The molecule has 0 saturated carbocycles. The van der Waals surface area contributed by atoms with Gasteiger partial charge in [-0.2, -0.15) is 0 Å². The number of unbranched alkanes of at least 4 members (excludes halogenated alkanes) is 3. The Morgan fingerprint density at radius 3 is 2.17 bits per heavy atom. The Labute approximate surface area is 78.8 Å². The summed E-state index contributed by atoms with van der Waals surface area (Å²) in [6.07, 6.45) is 8.27. The van der Waals surface area contributed by atoms with Crippen LogP contribution in [0.25, 0.3) is 0 Å². The van der Waals surface area contributed by atoms with Gasteiger partial charge in [0.2, 0.25) is 0 Å². The summed E-state index contributed by atoms with van der Waals surface area (Å²) >= 11 is 0. The van der Waals surface area contributed by atoms with Crippen molar-refractivity contribution in [3.63, 3.8) is 0 Å². The van der Waals surface area contributed by atoms with Gasteiger partial charge in [0.1, 0.15) is 0 Å². The van der Waals surface area contributed by atoms with Gasteiger partial charge in [0.15, 0.2) is 0 Å². The fourth-order valence-corrected chi connectivity index (χ4v) is 1.72. The summed E-state index contributed by atoms with van der Waals surface area (Å²) in [5.74, 6) is 1.50. The van der Waals surface area contributed by atoms with Crippen LogP contribution in [0, 0.1) is 18.8 Å². The summed E-state index contributed by atoms with van der Waals surface area (Å²) in [5.41, 5.74) is 0. The minimum Gasteiger partial charge on any atom is -0.0654 e. The molecule has 1 radical (unpaired) electrons. The molecule has 0 aliphatic heterocycles. The number of hydrogen-bond donors (Lipinski definition) is 0. The molecule has 2 atom stereocenters.